The number of benzene rings is 2. The molecule has 0 saturated heterocycles. The van der Waals surface area contributed by atoms with Crippen molar-refractivity contribution in [3.63, 3.8) is 0 Å². The van der Waals surface area contributed by atoms with E-state index in [1.807, 2.05) is 0 Å². The lowest BCUT2D eigenvalue weighted by Crippen LogP contribution is -2.16. The minimum absolute atomic E-state index is 0.0406. The van der Waals surface area contributed by atoms with E-state index >= 15 is 0 Å². The van der Waals surface area contributed by atoms with Crippen LogP contribution in [0.4, 0.5) is 5.69 Å². The highest BCUT2D eigenvalue weighted by molar-refractivity contribution is 6.08. The molecule has 3 aromatic rings. The summed E-state index contributed by atoms with van der Waals surface area (Å²) >= 11 is 0. The third kappa shape index (κ3) is 2.82. The smallest absolute Gasteiger partial charge is 0.337 e. The molecule has 0 spiro atoms. The number of rotatable bonds is 3. The highest BCUT2D eigenvalue weighted by Crippen LogP contribution is 2.23. The van der Waals surface area contributed by atoms with Crippen LogP contribution in [-0.2, 0) is 0 Å². The Morgan fingerprint density at radius 2 is 1.70 bits per heavy atom. The van der Waals surface area contributed by atoms with E-state index in [-0.39, 0.29) is 22.7 Å². The Hall–Kier alpha value is -3.41. The van der Waals surface area contributed by atoms with Crippen LogP contribution < -0.4 is 5.32 Å². The molecule has 3 rings (SSSR count). The molecule has 23 heavy (non-hydrogen) atoms. The van der Waals surface area contributed by atoms with Crippen LogP contribution in [-0.4, -0.2) is 27.1 Å². The molecule has 2 aromatic carbocycles. The van der Waals surface area contributed by atoms with Crippen LogP contribution in [0.15, 0.2) is 54.6 Å². The first-order chi connectivity index (χ1) is 11.1. The Bertz CT molecular complexity index is 921. The molecule has 0 aliphatic carbocycles. The SMILES string of the molecule is O=C(O)c1ccccc1NC(=O)c1nc2ccccc2cc1O. The average Bonchev–Trinajstić information content (AvgIpc) is 2.54. The molecule has 0 aliphatic rings. The zero-order valence-corrected chi connectivity index (χ0v) is 11.9. The van der Waals surface area contributed by atoms with Crippen molar-refractivity contribution in [2.45, 2.75) is 0 Å². The van der Waals surface area contributed by atoms with Gasteiger partial charge in [0.1, 0.15) is 5.75 Å². The second-order valence-corrected chi connectivity index (χ2v) is 4.85. The van der Waals surface area contributed by atoms with Crippen LogP contribution in [0.3, 0.4) is 0 Å². The number of para-hydroxylation sites is 2. The van der Waals surface area contributed by atoms with Crippen molar-refractivity contribution in [1.82, 2.24) is 4.98 Å². The lowest BCUT2D eigenvalue weighted by Gasteiger charge is -2.09. The lowest BCUT2D eigenvalue weighted by molar-refractivity contribution is 0.0698. The van der Waals surface area contributed by atoms with Crippen LogP contribution in [0.2, 0.25) is 0 Å². The molecular formula is C17H12N2O4. The molecule has 0 saturated carbocycles. The zero-order chi connectivity index (χ0) is 16.4. The van der Waals surface area contributed by atoms with Gasteiger partial charge in [0.05, 0.1) is 16.8 Å². The molecule has 0 aliphatic heterocycles. The average molecular weight is 308 g/mol. The number of nitrogens with zero attached hydrogens (tertiary/aromatic N) is 1. The molecule has 114 valence electrons. The Kier molecular flexibility index (Phi) is 3.64. The molecule has 6 nitrogen and oxygen atoms in total. The Balaban J connectivity index is 1.98. The molecule has 0 fully saturated rings. The first-order valence-electron chi connectivity index (χ1n) is 6.78. The standard InChI is InChI=1S/C17H12N2O4/c20-14-9-10-5-1-3-7-12(10)18-15(14)16(21)19-13-8-4-2-6-11(13)17(22)23/h1-9,20H,(H,19,21)(H,22,23). The predicted molar refractivity (Wildman–Crippen MR) is 84.8 cm³/mol. The van der Waals surface area contributed by atoms with Crippen molar-refractivity contribution in [3.05, 3.63) is 65.9 Å². The number of aromatic hydroxyl groups is 1. The first-order valence-corrected chi connectivity index (χ1v) is 6.78. The second-order valence-electron chi connectivity index (χ2n) is 4.85. The summed E-state index contributed by atoms with van der Waals surface area (Å²) in [7, 11) is 0. The van der Waals surface area contributed by atoms with Crippen LogP contribution in [0, 0.1) is 0 Å². The van der Waals surface area contributed by atoms with Gasteiger partial charge in [-0.3, -0.25) is 4.79 Å². The number of amides is 1. The summed E-state index contributed by atoms with van der Waals surface area (Å²) in [5, 5.41) is 22.3. The number of carboxylic acids is 1. The maximum atomic E-state index is 12.3. The first kappa shape index (κ1) is 14.5. The summed E-state index contributed by atoms with van der Waals surface area (Å²) < 4.78 is 0. The van der Waals surface area contributed by atoms with Gasteiger partial charge in [-0.05, 0) is 24.3 Å². The fourth-order valence-corrected chi connectivity index (χ4v) is 2.23. The van der Waals surface area contributed by atoms with Crippen LogP contribution >= 0.6 is 0 Å². The number of aromatic nitrogens is 1. The number of aromatic carboxylic acids is 1. The van der Waals surface area contributed by atoms with Crippen molar-refractivity contribution >= 4 is 28.5 Å². The molecule has 1 aromatic heterocycles. The van der Waals surface area contributed by atoms with E-state index in [4.69, 9.17) is 5.11 Å². The number of carboxylic acid groups (broad SMARTS) is 1. The number of hydrogen-bond acceptors (Lipinski definition) is 4. The minimum Gasteiger partial charge on any atom is -0.505 e. The van der Waals surface area contributed by atoms with E-state index in [2.05, 4.69) is 10.3 Å². The summed E-state index contributed by atoms with van der Waals surface area (Å²) in [4.78, 5) is 27.6. The Morgan fingerprint density at radius 1 is 1.00 bits per heavy atom. The summed E-state index contributed by atoms with van der Waals surface area (Å²) in [6.45, 7) is 0. The van der Waals surface area contributed by atoms with Crippen molar-refractivity contribution < 1.29 is 19.8 Å². The molecule has 0 unspecified atom stereocenters. The number of hydrogen-bond donors (Lipinski definition) is 3. The van der Waals surface area contributed by atoms with E-state index in [1.54, 1.807) is 36.4 Å². The maximum Gasteiger partial charge on any atom is 0.337 e. The molecule has 3 N–H and O–H groups in total. The molecule has 1 amide bonds. The van der Waals surface area contributed by atoms with Crippen molar-refractivity contribution in [2.24, 2.45) is 0 Å². The number of anilines is 1. The summed E-state index contributed by atoms with van der Waals surface area (Å²) in [5.41, 5.74) is 0.492. The van der Waals surface area contributed by atoms with Crippen molar-refractivity contribution in [2.75, 3.05) is 5.32 Å². The van der Waals surface area contributed by atoms with E-state index < -0.39 is 11.9 Å². The van der Waals surface area contributed by atoms with Gasteiger partial charge in [0.2, 0.25) is 0 Å². The topological polar surface area (TPSA) is 99.5 Å². The van der Waals surface area contributed by atoms with Crippen molar-refractivity contribution in [3.8, 4) is 5.75 Å². The minimum atomic E-state index is -1.16. The monoisotopic (exact) mass is 308 g/mol. The quantitative estimate of drug-likeness (QED) is 0.691. The van der Waals surface area contributed by atoms with Gasteiger partial charge < -0.3 is 15.5 Å². The third-order valence-electron chi connectivity index (χ3n) is 3.32. The number of fused-ring (bicyclic) bond motifs is 1. The van der Waals surface area contributed by atoms with E-state index in [9.17, 15) is 14.7 Å². The summed E-state index contributed by atoms with van der Waals surface area (Å²) in [5.74, 6) is -2.10. The summed E-state index contributed by atoms with van der Waals surface area (Å²) in [6, 6.07) is 14.5. The molecule has 0 atom stereocenters. The highest BCUT2D eigenvalue weighted by Gasteiger charge is 2.17. The Labute approximate surface area is 131 Å². The highest BCUT2D eigenvalue weighted by atomic mass is 16.4. The van der Waals surface area contributed by atoms with Crippen LogP contribution in [0.5, 0.6) is 5.75 Å². The van der Waals surface area contributed by atoms with Crippen LogP contribution in [0.1, 0.15) is 20.8 Å². The van der Waals surface area contributed by atoms with E-state index in [1.165, 1.54) is 18.2 Å². The van der Waals surface area contributed by atoms with E-state index in [0.29, 0.717) is 10.9 Å². The fraction of sp³-hybridized carbons (Fsp3) is 0. The van der Waals surface area contributed by atoms with Gasteiger partial charge in [0.25, 0.3) is 5.91 Å². The van der Waals surface area contributed by atoms with Gasteiger partial charge in [-0.2, -0.15) is 0 Å². The molecular weight excluding hydrogens is 296 g/mol. The van der Waals surface area contributed by atoms with Gasteiger partial charge in [-0.1, -0.05) is 30.3 Å². The number of pyridine rings is 1. The molecule has 0 radical (unpaired) electrons. The Morgan fingerprint density at radius 3 is 2.48 bits per heavy atom. The molecule has 6 heteroatoms. The zero-order valence-electron chi connectivity index (χ0n) is 11.9. The third-order valence-corrected chi connectivity index (χ3v) is 3.32. The normalized spacial score (nSPS) is 10.4. The number of nitrogens with one attached hydrogen (secondary N) is 1. The largest absolute Gasteiger partial charge is 0.505 e. The van der Waals surface area contributed by atoms with Gasteiger partial charge >= 0.3 is 5.97 Å². The van der Waals surface area contributed by atoms with Gasteiger partial charge in [0.15, 0.2) is 5.69 Å². The van der Waals surface area contributed by atoms with Crippen LogP contribution in [0.25, 0.3) is 10.9 Å². The summed E-state index contributed by atoms with van der Waals surface area (Å²) in [6.07, 6.45) is 0. The predicted octanol–water partition coefficient (Wildman–Crippen LogP) is 2.89. The number of carbonyl (C=O) groups is 2. The van der Waals surface area contributed by atoms with Gasteiger partial charge in [-0.25, -0.2) is 9.78 Å². The maximum absolute atomic E-state index is 12.3. The van der Waals surface area contributed by atoms with E-state index in [0.717, 1.165) is 0 Å². The lowest BCUT2D eigenvalue weighted by atomic mass is 10.1. The molecule has 1 heterocycles. The fourth-order valence-electron chi connectivity index (χ4n) is 2.23. The molecule has 0 bridgehead atoms. The van der Waals surface area contributed by atoms with Crippen molar-refractivity contribution in [1.29, 1.82) is 0 Å². The van der Waals surface area contributed by atoms with Gasteiger partial charge in [0, 0.05) is 5.39 Å². The number of carbonyl (C=O) groups excluding carboxylic acids is 1. The second kappa shape index (κ2) is 5.76. The van der Waals surface area contributed by atoms with Gasteiger partial charge in [-0.15, -0.1) is 0 Å².